The van der Waals surface area contributed by atoms with Gasteiger partial charge in [-0.1, -0.05) is 37.3 Å². The molecule has 0 aliphatic heterocycles. The first-order valence-electron chi connectivity index (χ1n) is 9.51. The van der Waals surface area contributed by atoms with Gasteiger partial charge in [-0.3, -0.25) is 9.36 Å². The predicted octanol–water partition coefficient (Wildman–Crippen LogP) is 4.26. The second-order valence-corrected chi connectivity index (χ2v) is 6.86. The number of aryl methyl sites for hydroxylation is 2. The van der Waals surface area contributed by atoms with Crippen LogP contribution in [-0.4, -0.2) is 14.1 Å². The van der Waals surface area contributed by atoms with E-state index in [1.165, 1.54) is 6.07 Å². The van der Waals surface area contributed by atoms with Gasteiger partial charge in [0.15, 0.2) is 0 Å². The number of aromatic nitrogens is 3. The van der Waals surface area contributed by atoms with Crippen LogP contribution in [0.25, 0.3) is 16.7 Å². The van der Waals surface area contributed by atoms with E-state index in [4.69, 9.17) is 4.74 Å². The van der Waals surface area contributed by atoms with Crippen molar-refractivity contribution in [3.05, 3.63) is 88.6 Å². The third-order valence-electron chi connectivity index (χ3n) is 4.85. The summed E-state index contributed by atoms with van der Waals surface area (Å²) < 4.78 is 9.48. The Morgan fingerprint density at radius 2 is 1.86 bits per heavy atom. The van der Waals surface area contributed by atoms with Gasteiger partial charge in [0.2, 0.25) is 0 Å². The molecule has 142 valence electrons. The Kier molecular flexibility index (Phi) is 4.98. The van der Waals surface area contributed by atoms with E-state index in [2.05, 4.69) is 16.5 Å². The Balaban J connectivity index is 1.60. The third-order valence-corrected chi connectivity index (χ3v) is 4.85. The van der Waals surface area contributed by atoms with Crippen LogP contribution in [0.5, 0.6) is 5.75 Å². The maximum Gasteiger partial charge on any atom is 0.258 e. The van der Waals surface area contributed by atoms with Crippen molar-refractivity contribution in [2.45, 2.75) is 26.4 Å². The van der Waals surface area contributed by atoms with Crippen LogP contribution in [-0.2, 0) is 20.1 Å². The molecule has 0 saturated heterocycles. The Bertz CT molecular complexity index is 1160. The summed E-state index contributed by atoms with van der Waals surface area (Å²) >= 11 is 0. The van der Waals surface area contributed by atoms with E-state index >= 15 is 0 Å². The number of ether oxygens (including phenoxy) is 1. The predicted molar refractivity (Wildman–Crippen MR) is 111 cm³/mol. The van der Waals surface area contributed by atoms with E-state index in [-0.39, 0.29) is 5.56 Å². The van der Waals surface area contributed by atoms with Crippen LogP contribution in [0.1, 0.15) is 24.7 Å². The molecule has 0 saturated carbocycles. The molecule has 2 aromatic carbocycles. The van der Waals surface area contributed by atoms with Crippen molar-refractivity contribution in [3.63, 3.8) is 0 Å². The van der Waals surface area contributed by atoms with Gasteiger partial charge in [0.1, 0.15) is 18.2 Å². The van der Waals surface area contributed by atoms with Gasteiger partial charge in [-0.25, -0.2) is 4.98 Å². The van der Waals surface area contributed by atoms with Gasteiger partial charge in [0.25, 0.3) is 5.56 Å². The van der Waals surface area contributed by atoms with Crippen molar-refractivity contribution in [2.24, 2.45) is 7.05 Å². The summed E-state index contributed by atoms with van der Waals surface area (Å²) in [5.41, 5.74) is 3.73. The van der Waals surface area contributed by atoms with E-state index in [1.54, 1.807) is 10.8 Å². The molecule has 0 amide bonds. The van der Waals surface area contributed by atoms with Gasteiger partial charge in [0.05, 0.1) is 16.7 Å². The Labute approximate surface area is 163 Å². The van der Waals surface area contributed by atoms with Crippen LogP contribution in [0.2, 0.25) is 0 Å². The molecule has 0 aliphatic carbocycles. The quantitative estimate of drug-likeness (QED) is 0.507. The van der Waals surface area contributed by atoms with Crippen molar-refractivity contribution in [3.8, 4) is 11.4 Å². The van der Waals surface area contributed by atoms with Gasteiger partial charge >= 0.3 is 0 Å². The first kappa shape index (κ1) is 18.0. The number of benzene rings is 2. The summed E-state index contributed by atoms with van der Waals surface area (Å²) in [4.78, 5) is 17.3. The first-order valence-corrected chi connectivity index (χ1v) is 9.51. The summed E-state index contributed by atoms with van der Waals surface area (Å²) in [5.74, 6) is 1.63. The van der Waals surface area contributed by atoms with Gasteiger partial charge in [0, 0.05) is 25.7 Å². The summed E-state index contributed by atoms with van der Waals surface area (Å²) in [6.45, 7) is 2.58. The number of nitrogens with zero attached hydrogens (tertiary/aromatic N) is 3. The minimum atomic E-state index is -0.124. The van der Waals surface area contributed by atoms with Crippen molar-refractivity contribution >= 4 is 11.0 Å². The zero-order valence-corrected chi connectivity index (χ0v) is 16.1. The van der Waals surface area contributed by atoms with Gasteiger partial charge in [-0.05, 0) is 36.2 Å². The van der Waals surface area contributed by atoms with E-state index in [9.17, 15) is 4.79 Å². The summed E-state index contributed by atoms with van der Waals surface area (Å²) in [7, 11) is 2.02. The molecule has 0 unspecified atom stereocenters. The molecule has 5 nitrogen and oxygen atoms in total. The van der Waals surface area contributed by atoms with Crippen molar-refractivity contribution in [1.82, 2.24) is 14.1 Å². The van der Waals surface area contributed by atoms with Crippen molar-refractivity contribution in [1.29, 1.82) is 0 Å². The lowest BCUT2D eigenvalue weighted by atomic mass is 10.2. The SMILES string of the molecule is CCCc1nc2ccc(-n3ccc(OCc4ccccc4)cc3=O)cc2n1C. The topological polar surface area (TPSA) is 49.1 Å². The maximum atomic E-state index is 12.6. The highest BCUT2D eigenvalue weighted by atomic mass is 16.5. The monoisotopic (exact) mass is 373 g/mol. The number of rotatable bonds is 6. The lowest BCUT2D eigenvalue weighted by Crippen LogP contribution is -2.16. The molecule has 2 aromatic heterocycles. The van der Waals surface area contributed by atoms with Crippen LogP contribution in [0.4, 0.5) is 0 Å². The minimum absolute atomic E-state index is 0.124. The smallest absolute Gasteiger partial charge is 0.258 e. The second kappa shape index (κ2) is 7.72. The van der Waals surface area contributed by atoms with Gasteiger partial charge in [-0.2, -0.15) is 0 Å². The molecule has 0 aliphatic rings. The summed E-state index contributed by atoms with van der Waals surface area (Å²) in [5, 5.41) is 0. The maximum absolute atomic E-state index is 12.6. The molecule has 5 heteroatoms. The van der Waals surface area contributed by atoms with Crippen LogP contribution in [0.3, 0.4) is 0 Å². The summed E-state index contributed by atoms with van der Waals surface area (Å²) in [6, 6.07) is 19.2. The lowest BCUT2D eigenvalue weighted by Gasteiger charge is -2.09. The van der Waals surface area contributed by atoms with Crippen LogP contribution in [0, 0.1) is 0 Å². The number of pyridine rings is 1. The normalized spacial score (nSPS) is 11.1. The minimum Gasteiger partial charge on any atom is -0.489 e. The molecule has 4 rings (SSSR count). The second-order valence-electron chi connectivity index (χ2n) is 6.86. The zero-order valence-electron chi connectivity index (χ0n) is 16.1. The molecule has 0 fully saturated rings. The molecule has 0 atom stereocenters. The molecule has 28 heavy (non-hydrogen) atoms. The van der Waals surface area contributed by atoms with Crippen LogP contribution < -0.4 is 10.3 Å². The molecule has 0 radical (unpaired) electrons. The molecule has 4 aromatic rings. The van der Waals surface area contributed by atoms with Crippen LogP contribution in [0.15, 0.2) is 71.7 Å². The Morgan fingerprint density at radius 1 is 1.04 bits per heavy atom. The van der Waals surface area contributed by atoms with Crippen LogP contribution >= 0.6 is 0 Å². The fourth-order valence-corrected chi connectivity index (χ4v) is 3.33. The Hall–Kier alpha value is -3.34. The fraction of sp³-hybridized carbons (Fsp3) is 0.217. The van der Waals surface area contributed by atoms with Crippen molar-refractivity contribution < 1.29 is 4.74 Å². The van der Waals surface area contributed by atoms with Gasteiger partial charge in [-0.15, -0.1) is 0 Å². The lowest BCUT2D eigenvalue weighted by molar-refractivity contribution is 0.305. The van der Waals surface area contributed by atoms with E-state index in [0.717, 1.165) is 41.0 Å². The van der Waals surface area contributed by atoms with E-state index in [0.29, 0.717) is 12.4 Å². The molecule has 0 bridgehead atoms. The molecule has 2 heterocycles. The number of fused-ring (bicyclic) bond motifs is 1. The third kappa shape index (κ3) is 3.56. The number of hydrogen-bond acceptors (Lipinski definition) is 3. The molecule has 0 N–H and O–H groups in total. The average Bonchev–Trinajstić information content (AvgIpc) is 3.03. The average molecular weight is 373 g/mol. The highest BCUT2D eigenvalue weighted by Gasteiger charge is 2.09. The van der Waals surface area contributed by atoms with Crippen molar-refractivity contribution in [2.75, 3.05) is 0 Å². The highest BCUT2D eigenvalue weighted by molar-refractivity contribution is 5.78. The van der Waals surface area contributed by atoms with Gasteiger partial charge < -0.3 is 9.30 Å². The first-order chi connectivity index (χ1) is 13.7. The molecular formula is C23H23N3O2. The van der Waals surface area contributed by atoms with E-state index in [1.807, 2.05) is 61.6 Å². The summed E-state index contributed by atoms with van der Waals surface area (Å²) in [6.07, 6.45) is 3.75. The number of hydrogen-bond donors (Lipinski definition) is 0. The molecule has 0 spiro atoms. The standard InChI is InChI=1S/C23H23N3O2/c1-3-7-22-24-20-11-10-18(14-21(20)25(22)2)26-13-12-19(15-23(26)27)28-16-17-8-5-4-6-9-17/h4-6,8-15H,3,7,16H2,1-2H3. The fourth-order valence-electron chi connectivity index (χ4n) is 3.33. The molecular weight excluding hydrogens is 350 g/mol. The zero-order chi connectivity index (χ0) is 19.5. The van der Waals surface area contributed by atoms with E-state index < -0.39 is 0 Å². The number of imidazole rings is 1. The Morgan fingerprint density at radius 3 is 2.61 bits per heavy atom. The largest absolute Gasteiger partial charge is 0.489 e. The highest BCUT2D eigenvalue weighted by Crippen LogP contribution is 2.20.